The van der Waals surface area contributed by atoms with Gasteiger partial charge in [-0.25, -0.2) is 18.2 Å². The molecule has 1 aliphatic rings. The largest absolute Gasteiger partial charge is 0.494 e. The Bertz CT molecular complexity index is 1100. The minimum absolute atomic E-state index is 0.000198. The fraction of sp³-hybridized carbons (Fsp3) is 0.409. The summed E-state index contributed by atoms with van der Waals surface area (Å²) in [6.07, 6.45) is 2.59. The zero-order valence-electron chi connectivity index (χ0n) is 18.5. The van der Waals surface area contributed by atoms with Crippen molar-refractivity contribution in [3.05, 3.63) is 42.1 Å². The van der Waals surface area contributed by atoms with Crippen LogP contribution in [0.25, 0.3) is 0 Å². The lowest BCUT2D eigenvalue weighted by molar-refractivity contribution is -0.148. The number of nitrogens with one attached hydrogen (secondary N) is 1. The number of carboxylic acid groups (broad SMARTS) is 1. The van der Waals surface area contributed by atoms with Gasteiger partial charge in [-0.2, -0.15) is 0 Å². The molecule has 11 heteroatoms. The van der Waals surface area contributed by atoms with E-state index in [1.807, 2.05) is 6.92 Å². The molecule has 0 radical (unpaired) electrons. The van der Waals surface area contributed by atoms with Crippen molar-refractivity contribution in [3.63, 3.8) is 0 Å². The first-order chi connectivity index (χ1) is 15.7. The number of esters is 1. The maximum atomic E-state index is 12.7. The van der Waals surface area contributed by atoms with E-state index in [0.29, 0.717) is 31.7 Å². The van der Waals surface area contributed by atoms with Crippen LogP contribution in [0.1, 0.15) is 37.0 Å². The number of benzene rings is 1. The molecule has 3 rings (SSSR count). The molecule has 1 atom stereocenters. The predicted octanol–water partition coefficient (Wildman–Crippen LogP) is 2.76. The first-order valence-corrected chi connectivity index (χ1v) is 12.1. The molecule has 1 fully saturated rings. The Balaban J connectivity index is 1.82. The van der Waals surface area contributed by atoms with Crippen molar-refractivity contribution in [2.45, 2.75) is 31.6 Å². The van der Waals surface area contributed by atoms with Crippen LogP contribution in [0.5, 0.6) is 5.75 Å². The Labute approximate surface area is 192 Å². The zero-order valence-corrected chi connectivity index (χ0v) is 19.3. The van der Waals surface area contributed by atoms with E-state index in [-0.39, 0.29) is 47.0 Å². The van der Waals surface area contributed by atoms with Gasteiger partial charge in [-0.1, -0.05) is 0 Å². The third kappa shape index (κ3) is 5.92. The van der Waals surface area contributed by atoms with Gasteiger partial charge in [0.2, 0.25) is 0 Å². The molecule has 0 unspecified atom stereocenters. The Morgan fingerprint density at radius 1 is 1.21 bits per heavy atom. The molecular formula is C22H27N3O7S. The summed E-state index contributed by atoms with van der Waals surface area (Å²) >= 11 is 0. The smallest absolute Gasteiger partial charge is 0.339 e. The van der Waals surface area contributed by atoms with Gasteiger partial charge in [0.1, 0.15) is 17.1 Å². The third-order valence-electron chi connectivity index (χ3n) is 5.14. The molecule has 178 valence electrons. The maximum Gasteiger partial charge on any atom is 0.339 e. The van der Waals surface area contributed by atoms with E-state index in [2.05, 4.69) is 9.71 Å². The molecule has 0 spiro atoms. The van der Waals surface area contributed by atoms with Crippen LogP contribution in [-0.4, -0.2) is 56.8 Å². The number of hydrogen-bond donors (Lipinski definition) is 2. The predicted molar refractivity (Wildman–Crippen MR) is 121 cm³/mol. The summed E-state index contributed by atoms with van der Waals surface area (Å²) in [5.41, 5.74) is -0.143. The number of ether oxygens (including phenoxy) is 2. The van der Waals surface area contributed by atoms with Crippen LogP contribution >= 0.6 is 0 Å². The molecule has 0 saturated carbocycles. The number of hydrogen-bond acceptors (Lipinski definition) is 8. The molecule has 33 heavy (non-hydrogen) atoms. The van der Waals surface area contributed by atoms with E-state index < -0.39 is 16.0 Å². The lowest BCUT2D eigenvalue weighted by Gasteiger charge is -2.33. The van der Waals surface area contributed by atoms with Crippen LogP contribution in [0.15, 0.2) is 41.4 Å². The Kier molecular flexibility index (Phi) is 7.75. The van der Waals surface area contributed by atoms with E-state index in [1.54, 1.807) is 24.0 Å². The quantitative estimate of drug-likeness (QED) is 0.523. The average Bonchev–Trinajstić information content (AvgIpc) is 2.79. The fourth-order valence-corrected chi connectivity index (χ4v) is 4.67. The fourth-order valence-electron chi connectivity index (χ4n) is 3.64. The van der Waals surface area contributed by atoms with Gasteiger partial charge < -0.3 is 19.5 Å². The van der Waals surface area contributed by atoms with Crippen LogP contribution in [0.3, 0.4) is 0 Å². The number of pyridine rings is 1. The number of carbonyl (C=O) groups excluding carboxylic acids is 1. The number of nitrogens with zero attached hydrogens (tertiary/aromatic N) is 2. The van der Waals surface area contributed by atoms with Gasteiger partial charge in [-0.05, 0) is 57.0 Å². The van der Waals surface area contributed by atoms with Crippen LogP contribution in [0.4, 0.5) is 11.5 Å². The Morgan fingerprint density at radius 2 is 1.94 bits per heavy atom. The number of carbonyl (C=O) groups is 2. The van der Waals surface area contributed by atoms with Crippen molar-refractivity contribution < 1.29 is 32.6 Å². The Morgan fingerprint density at radius 3 is 2.58 bits per heavy atom. The van der Waals surface area contributed by atoms with E-state index in [0.717, 1.165) is 0 Å². The molecule has 0 aliphatic carbocycles. The number of piperidine rings is 1. The molecule has 0 bridgehead atoms. The van der Waals surface area contributed by atoms with Gasteiger partial charge in [0.15, 0.2) is 0 Å². The summed E-state index contributed by atoms with van der Waals surface area (Å²) < 4.78 is 38.2. The second kappa shape index (κ2) is 10.5. The van der Waals surface area contributed by atoms with E-state index in [4.69, 9.17) is 9.47 Å². The van der Waals surface area contributed by atoms with Gasteiger partial charge in [0.05, 0.1) is 35.9 Å². The zero-order chi connectivity index (χ0) is 24.0. The summed E-state index contributed by atoms with van der Waals surface area (Å²) in [6, 6.07) is 7.11. The summed E-state index contributed by atoms with van der Waals surface area (Å²) in [6.45, 7) is 5.10. The topological polar surface area (TPSA) is 135 Å². The monoisotopic (exact) mass is 477 g/mol. The molecular weight excluding hydrogens is 450 g/mol. The van der Waals surface area contributed by atoms with Gasteiger partial charge in [-0.15, -0.1) is 0 Å². The number of carboxylic acids is 1. The molecule has 1 aromatic heterocycles. The highest BCUT2D eigenvalue weighted by Gasteiger charge is 2.30. The SMILES string of the molecule is CCOC(=O)[C@@H]1CCCN(c2ncc(NS(=O)(=O)c3ccc(OCC)cc3)cc2C(=O)O)C1. The molecule has 1 saturated heterocycles. The number of anilines is 2. The second-order valence-electron chi connectivity index (χ2n) is 7.45. The minimum Gasteiger partial charge on any atom is -0.494 e. The maximum absolute atomic E-state index is 12.7. The van der Waals surface area contributed by atoms with E-state index >= 15 is 0 Å². The van der Waals surface area contributed by atoms with Crippen LogP contribution in [0, 0.1) is 5.92 Å². The highest BCUT2D eigenvalue weighted by atomic mass is 32.2. The van der Waals surface area contributed by atoms with Crippen molar-refractivity contribution in [3.8, 4) is 5.75 Å². The van der Waals surface area contributed by atoms with Crippen molar-refractivity contribution in [2.75, 3.05) is 35.9 Å². The minimum atomic E-state index is -3.96. The summed E-state index contributed by atoms with van der Waals surface area (Å²) in [4.78, 5) is 30.0. The van der Waals surface area contributed by atoms with Crippen LogP contribution < -0.4 is 14.4 Å². The van der Waals surface area contributed by atoms with E-state index in [1.165, 1.54) is 24.4 Å². The first-order valence-electron chi connectivity index (χ1n) is 10.7. The van der Waals surface area contributed by atoms with Gasteiger partial charge in [0, 0.05) is 13.1 Å². The number of sulfonamides is 1. The van der Waals surface area contributed by atoms with Crippen LogP contribution in [0.2, 0.25) is 0 Å². The lowest BCUT2D eigenvalue weighted by atomic mass is 9.98. The molecule has 2 aromatic rings. The van der Waals surface area contributed by atoms with E-state index in [9.17, 15) is 23.1 Å². The normalized spacial score (nSPS) is 16.2. The average molecular weight is 478 g/mol. The Hall–Kier alpha value is -3.34. The molecule has 10 nitrogen and oxygen atoms in total. The highest BCUT2D eigenvalue weighted by molar-refractivity contribution is 7.92. The number of aromatic nitrogens is 1. The first kappa shape index (κ1) is 24.3. The molecule has 0 amide bonds. The van der Waals surface area contributed by atoms with Gasteiger partial charge in [-0.3, -0.25) is 9.52 Å². The van der Waals surface area contributed by atoms with Gasteiger partial charge in [0.25, 0.3) is 10.0 Å². The van der Waals surface area contributed by atoms with Crippen molar-refractivity contribution in [1.29, 1.82) is 0 Å². The highest BCUT2D eigenvalue weighted by Crippen LogP contribution is 2.28. The molecule has 2 N–H and O–H groups in total. The molecule has 2 heterocycles. The van der Waals surface area contributed by atoms with Crippen molar-refractivity contribution in [2.24, 2.45) is 5.92 Å². The lowest BCUT2D eigenvalue weighted by Crippen LogP contribution is -2.40. The van der Waals surface area contributed by atoms with Crippen molar-refractivity contribution in [1.82, 2.24) is 4.98 Å². The summed E-state index contributed by atoms with van der Waals surface area (Å²) in [5, 5.41) is 9.73. The molecule has 1 aliphatic heterocycles. The summed E-state index contributed by atoms with van der Waals surface area (Å²) in [5.74, 6) is -1.23. The molecule has 1 aromatic carbocycles. The third-order valence-corrected chi connectivity index (χ3v) is 6.53. The number of rotatable bonds is 9. The standard InChI is InChI=1S/C22H27N3O7S/c1-3-31-17-7-9-18(10-8-17)33(29,30)24-16-12-19(21(26)27)20(23-13-16)25-11-5-6-15(14-25)22(28)32-4-2/h7-10,12-13,15,24H,3-6,11,14H2,1-2H3,(H,26,27)/t15-/m1/s1. The van der Waals surface area contributed by atoms with Gasteiger partial charge >= 0.3 is 11.9 Å². The van der Waals surface area contributed by atoms with Crippen molar-refractivity contribution >= 4 is 33.5 Å². The van der Waals surface area contributed by atoms with Crippen LogP contribution in [-0.2, 0) is 19.6 Å². The summed E-state index contributed by atoms with van der Waals surface area (Å²) in [7, 11) is -3.96. The number of aromatic carboxylic acids is 1. The second-order valence-corrected chi connectivity index (χ2v) is 9.13.